The predicted molar refractivity (Wildman–Crippen MR) is 241 cm³/mol. The average molecular weight is 820 g/mol. The van der Waals surface area contributed by atoms with Gasteiger partial charge in [0, 0.05) is 36.7 Å². The number of carbonyl (C=O) groups excluding carboxylic acids is 4. The topological polar surface area (TPSA) is 115 Å². The van der Waals surface area contributed by atoms with E-state index in [1.54, 1.807) is 31.2 Å². The SMILES string of the molecule is CCCCC(CC)CN(CC(CC)CCCC)c1nc(-c2c(C(C)C)cc(C)cc2C(C)C)c(/C=C2\C(=O)N(N(C(C)=O)C(=O)c3ccccc3)C(=O)C(C#N)=C2C)s1. The number of carbonyl (C=O) groups is 4. The van der Waals surface area contributed by atoms with Crippen molar-refractivity contribution < 1.29 is 19.2 Å². The van der Waals surface area contributed by atoms with Gasteiger partial charge in [0.1, 0.15) is 11.6 Å². The van der Waals surface area contributed by atoms with Gasteiger partial charge in [-0.05, 0) is 85.3 Å². The number of aromatic nitrogens is 1. The van der Waals surface area contributed by atoms with Gasteiger partial charge in [0.15, 0.2) is 5.13 Å². The van der Waals surface area contributed by atoms with E-state index in [4.69, 9.17) is 4.98 Å². The second-order valence-corrected chi connectivity index (χ2v) is 17.7. The minimum Gasteiger partial charge on any atom is -0.348 e. The number of amides is 4. The number of benzene rings is 2. The minimum atomic E-state index is -1.03. The zero-order valence-electron chi connectivity index (χ0n) is 37.3. The summed E-state index contributed by atoms with van der Waals surface area (Å²) in [5, 5.41) is 12.3. The first-order valence-corrected chi connectivity index (χ1v) is 22.5. The third-order valence-electron chi connectivity index (χ3n) is 11.5. The molecule has 2 atom stereocenters. The summed E-state index contributed by atoms with van der Waals surface area (Å²) < 4.78 is 0. The van der Waals surface area contributed by atoms with Crippen molar-refractivity contribution in [3.05, 3.63) is 86.3 Å². The lowest BCUT2D eigenvalue weighted by molar-refractivity contribution is -0.163. The Bertz CT molecular complexity index is 2040. The van der Waals surface area contributed by atoms with Crippen molar-refractivity contribution in [1.82, 2.24) is 15.0 Å². The molecule has 0 aliphatic carbocycles. The number of nitriles is 1. The highest BCUT2D eigenvalue weighted by atomic mass is 32.1. The number of thiazole rings is 1. The Morgan fingerprint density at radius 2 is 1.41 bits per heavy atom. The summed E-state index contributed by atoms with van der Waals surface area (Å²) in [5.74, 6) is -2.30. The lowest BCUT2D eigenvalue weighted by Crippen LogP contribution is -2.57. The second-order valence-electron chi connectivity index (χ2n) is 16.7. The lowest BCUT2D eigenvalue weighted by Gasteiger charge is -2.34. The molecule has 4 amide bonds. The molecule has 59 heavy (non-hydrogen) atoms. The van der Waals surface area contributed by atoms with Crippen LogP contribution in [0.2, 0.25) is 0 Å². The number of nitrogens with zero attached hydrogens (tertiary/aromatic N) is 5. The van der Waals surface area contributed by atoms with E-state index in [0.29, 0.717) is 26.7 Å². The molecular formula is C49H65N5O4S. The van der Waals surface area contributed by atoms with E-state index >= 15 is 0 Å². The van der Waals surface area contributed by atoms with Gasteiger partial charge >= 0.3 is 0 Å². The predicted octanol–water partition coefficient (Wildman–Crippen LogP) is 11.8. The molecule has 1 aliphatic rings. The van der Waals surface area contributed by atoms with Crippen molar-refractivity contribution in [2.24, 2.45) is 11.8 Å². The molecule has 2 heterocycles. The van der Waals surface area contributed by atoms with Crippen LogP contribution in [0.25, 0.3) is 17.3 Å². The summed E-state index contributed by atoms with van der Waals surface area (Å²) in [6.07, 6.45) is 10.7. The Labute approximate surface area is 357 Å². The van der Waals surface area contributed by atoms with E-state index in [-0.39, 0.29) is 34.1 Å². The van der Waals surface area contributed by atoms with E-state index in [1.807, 2.05) is 6.07 Å². The molecule has 1 aliphatic heterocycles. The first-order chi connectivity index (χ1) is 28.1. The number of hydrogen-bond donors (Lipinski definition) is 0. The van der Waals surface area contributed by atoms with Gasteiger partial charge in [0.25, 0.3) is 17.7 Å². The Balaban J connectivity index is 2.07. The fourth-order valence-electron chi connectivity index (χ4n) is 7.91. The third kappa shape index (κ3) is 10.8. The Morgan fingerprint density at radius 1 is 0.864 bits per heavy atom. The molecule has 0 N–H and O–H groups in total. The number of hydrazine groups is 1. The summed E-state index contributed by atoms with van der Waals surface area (Å²) in [6, 6.07) is 14.4. The summed E-state index contributed by atoms with van der Waals surface area (Å²) in [6.45, 7) is 24.3. The van der Waals surface area contributed by atoms with E-state index in [1.165, 1.54) is 23.5 Å². The standard InChI is InChI=1S/C49H65N5O4S/c1-12-16-21-36(14-3)29-52(30-37(15-4)22-17-13-2)49-51-45(44-39(31(5)6)25-33(9)26-40(44)32(7)8)43(59-49)27-41-34(10)42(28-50)48(58)54(47(41)57)53(35(11)55)46(56)38-23-19-18-20-24-38/h18-20,23-27,31-32,36-37H,12-17,21-22,29-30H2,1-11H3/b41-27-. The lowest BCUT2D eigenvalue weighted by atomic mass is 9.85. The molecule has 2 aromatic carbocycles. The van der Waals surface area contributed by atoms with Crippen LogP contribution in [-0.4, -0.2) is 51.7 Å². The normalized spacial score (nSPS) is 15.0. The van der Waals surface area contributed by atoms with Crippen LogP contribution in [0.4, 0.5) is 5.13 Å². The Hall–Kier alpha value is -4.88. The summed E-state index contributed by atoms with van der Waals surface area (Å²) in [4.78, 5) is 64.5. The number of anilines is 1. The van der Waals surface area contributed by atoms with Gasteiger partial charge in [0.05, 0.1) is 10.6 Å². The highest BCUT2D eigenvalue weighted by Gasteiger charge is 2.43. The maximum Gasteiger partial charge on any atom is 0.291 e. The molecule has 1 aromatic heterocycles. The van der Waals surface area contributed by atoms with Crippen LogP contribution in [0.15, 0.2) is 59.2 Å². The number of aryl methyl sites for hydroxylation is 1. The molecule has 4 rings (SSSR count). The van der Waals surface area contributed by atoms with Crippen LogP contribution in [0.3, 0.4) is 0 Å². The number of hydrogen-bond acceptors (Lipinski definition) is 8. The molecule has 9 nitrogen and oxygen atoms in total. The Morgan fingerprint density at radius 3 is 1.86 bits per heavy atom. The monoisotopic (exact) mass is 819 g/mol. The molecule has 316 valence electrons. The highest BCUT2D eigenvalue weighted by Crippen LogP contribution is 2.44. The van der Waals surface area contributed by atoms with Crippen molar-refractivity contribution in [3.63, 3.8) is 0 Å². The van der Waals surface area contributed by atoms with Crippen molar-refractivity contribution >= 4 is 46.2 Å². The molecule has 10 heteroatoms. The first kappa shape index (κ1) is 46.8. The summed E-state index contributed by atoms with van der Waals surface area (Å²) >= 11 is 1.52. The van der Waals surface area contributed by atoms with E-state index < -0.39 is 23.6 Å². The molecule has 0 radical (unpaired) electrons. The van der Waals surface area contributed by atoms with Crippen LogP contribution in [0.1, 0.15) is 164 Å². The van der Waals surface area contributed by atoms with E-state index in [2.05, 4.69) is 79.3 Å². The van der Waals surface area contributed by atoms with Crippen molar-refractivity contribution in [1.29, 1.82) is 5.26 Å². The van der Waals surface area contributed by atoms with Crippen molar-refractivity contribution in [3.8, 4) is 17.3 Å². The fourth-order valence-corrected chi connectivity index (χ4v) is 8.94. The molecule has 3 aromatic rings. The Kier molecular flexibility index (Phi) is 17.0. The maximum atomic E-state index is 14.8. The molecule has 2 unspecified atom stereocenters. The van der Waals surface area contributed by atoms with Gasteiger partial charge in [-0.2, -0.15) is 15.3 Å². The van der Waals surface area contributed by atoms with E-state index in [0.717, 1.165) is 104 Å². The van der Waals surface area contributed by atoms with Crippen LogP contribution in [-0.2, 0) is 14.4 Å². The van der Waals surface area contributed by atoms with Crippen LogP contribution in [0.5, 0.6) is 0 Å². The third-order valence-corrected chi connectivity index (χ3v) is 12.6. The van der Waals surface area contributed by atoms with E-state index in [9.17, 15) is 24.4 Å². The van der Waals surface area contributed by atoms with Crippen molar-refractivity contribution in [2.75, 3.05) is 18.0 Å². The second kappa shape index (κ2) is 21.4. The van der Waals surface area contributed by atoms with Gasteiger partial charge in [0.2, 0.25) is 5.91 Å². The van der Waals surface area contributed by atoms with Gasteiger partial charge < -0.3 is 4.90 Å². The van der Waals surface area contributed by atoms with Crippen LogP contribution in [0, 0.1) is 30.1 Å². The molecule has 0 fully saturated rings. The number of unbranched alkanes of at least 4 members (excludes halogenated alkanes) is 2. The fraction of sp³-hybridized carbons (Fsp3) is 0.510. The molecule has 0 saturated carbocycles. The number of imide groups is 2. The zero-order chi connectivity index (χ0) is 43.6. The number of rotatable bonds is 19. The van der Waals surface area contributed by atoms with Gasteiger partial charge in [-0.1, -0.05) is 141 Å². The quantitative estimate of drug-likeness (QED) is 0.0873. The maximum absolute atomic E-state index is 14.8. The molecule has 0 saturated heterocycles. The van der Waals surface area contributed by atoms with Gasteiger partial charge in [-0.15, -0.1) is 0 Å². The van der Waals surface area contributed by atoms with Gasteiger partial charge in [-0.3, -0.25) is 19.2 Å². The zero-order valence-corrected chi connectivity index (χ0v) is 38.1. The molecule has 0 bridgehead atoms. The smallest absolute Gasteiger partial charge is 0.291 e. The molecular weight excluding hydrogens is 755 g/mol. The van der Waals surface area contributed by atoms with Crippen LogP contribution >= 0.6 is 11.3 Å². The average Bonchev–Trinajstić information content (AvgIpc) is 3.63. The van der Waals surface area contributed by atoms with Crippen LogP contribution < -0.4 is 4.90 Å². The summed E-state index contributed by atoms with van der Waals surface area (Å²) in [5.41, 5.74) is 5.23. The summed E-state index contributed by atoms with van der Waals surface area (Å²) in [7, 11) is 0. The van der Waals surface area contributed by atoms with Gasteiger partial charge in [-0.25, -0.2) is 4.98 Å². The molecule has 0 spiro atoms. The first-order valence-electron chi connectivity index (χ1n) is 21.7. The minimum absolute atomic E-state index is 0.0457. The van der Waals surface area contributed by atoms with Crippen molar-refractivity contribution in [2.45, 2.75) is 139 Å². The highest BCUT2D eigenvalue weighted by molar-refractivity contribution is 7.17. The largest absolute Gasteiger partial charge is 0.348 e.